The summed E-state index contributed by atoms with van der Waals surface area (Å²) in [7, 11) is 0. The second-order valence-corrected chi connectivity index (χ2v) is 7.33. The highest BCUT2D eigenvalue weighted by Gasteiger charge is 2.27. The lowest BCUT2D eigenvalue weighted by Crippen LogP contribution is -2.23. The van der Waals surface area contributed by atoms with Gasteiger partial charge in [0.2, 0.25) is 5.82 Å². The minimum atomic E-state index is 0.721. The van der Waals surface area contributed by atoms with Crippen molar-refractivity contribution in [2.24, 2.45) is 10.1 Å². The Balaban J connectivity index is 1.62. The molecule has 0 unspecified atom stereocenters. The van der Waals surface area contributed by atoms with Crippen LogP contribution in [0.3, 0.4) is 0 Å². The molecule has 148 valence electrons. The second-order valence-electron chi connectivity index (χ2n) is 7.33. The molecule has 4 heterocycles. The number of aryl methyl sites for hydroxylation is 1. The first-order valence-corrected chi connectivity index (χ1v) is 10.1. The highest BCUT2D eigenvalue weighted by Crippen LogP contribution is 2.24. The summed E-state index contributed by atoms with van der Waals surface area (Å²) in [6.45, 7) is 13.1. The van der Waals surface area contributed by atoms with E-state index in [0.29, 0.717) is 0 Å². The third-order valence-electron chi connectivity index (χ3n) is 5.44. The SMILES string of the molecule is CCN(CC)c1ccc(N=C2C(C)=Nn3c(CN4CCCC4)nnc32)c(C)n1. The van der Waals surface area contributed by atoms with Crippen LogP contribution in [0.1, 0.15) is 51.0 Å². The third kappa shape index (κ3) is 3.44. The maximum absolute atomic E-state index is 4.85. The van der Waals surface area contributed by atoms with Gasteiger partial charge in [0.15, 0.2) is 5.82 Å². The molecule has 0 aromatic carbocycles. The molecule has 2 aliphatic rings. The Morgan fingerprint density at radius 2 is 1.82 bits per heavy atom. The van der Waals surface area contributed by atoms with Gasteiger partial charge in [0.25, 0.3) is 0 Å². The molecule has 1 fully saturated rings. The molecule has 2 aromatic heterocycles. The smallest absolute Gasteiger partial charge is 0.205 e. The van der Waals surface area contributed by atoms with E-state index in [1.54, 1.807) is 0 Å². The van der Waals surface area contributed by atoms with Crippen LogP contribution in [0, 0.1) is 6.92 Å². The molecule has 0 saturated carbocycles. The molecule has 0 N–H and O–H groups in total. The highest BCUT2D eigenvalue weighted by atomic mass is 15.5. The Labute approximate surface area is 166 Å². The molecule has 0 radical (unpaired) electrons. The largest absolute Gasteiger partial charge is 0.357 e. The van der Waals surface area contributed by atoms with Crippen LogP contribution in [0.15, 0.2) is 22.2 Å². The zero-order chi connectivity index (χ0) is 19.7. The number of nitrogens with zero attached hydrogens (tertiary/aromatic N) is 8. The van der Waals surface area contributed by atoms with Gasteiger partial charge in [-0.25, -0.2) is 9.98 Å². The van der Waals surface area contributed by atoms with Gasteiger partial charge in [-0.2, -0.15) is 9.78 Å². The summed E-state index contributed by atoms with van der Waals surface area (Å²) < 4.78 is 1.85. The van der Waals surface area contributed by atoms with E-state index in [1.165, 1.54) is 12.8 Å². The molecule has 8 nitrogen and oxygen atoms in total. The minimum absolute atomic E-state index is 0.721. The molecule has 4 rings (SSSR count). The fraction of sp³-hybridized carbons (Fsp3) is 0.550. The Kier molecular flexibility index (Phi) is 5.21. The van der Waals surface area contributed by atoms with Crippen molar-refractivity contribution in [1.82, 2.24) is 24.8 Å². The topological polar surface area (TPSA) is 74.8 Å². The molecule has 0 spiro atoms. The van der Waals surface area contributed by atoms with E-state index in [2.05, 4.69) is 38.9 Å². The Hall–Kier alpha value is -2.61. The van der Waals surface area contributed by atoms with Gasteiger partial charge in [0, 0.05) is 13.1 Å². The van der Waals surface area contributed by atoms with Gasteiger partial charge in [-0.1, -0.05) is 0 Å². The first-order chi connectivity index (χ1) is 13.6. The number of aliphatic imine (C=N–C) groups is 1. The molecule has 0 amide bonds. The van der Waals surface area contributed by atoms with Gasteiger partial charge in [0.05, 0.1) is 23.6 Å². The van der Waals surface area contributed by atoms with Crippen molar-refractivity contribution >= 4 is 22.9 Å². The van der Waals surface area contributed by atoms with Crippen molar-refractivity contribution in [3.8, 4) is 0 Å². The number of likely N-dealkylation sites (tertiary alicyclic amines) is 1. The van der Waals surface area contributed by atoms with E-state index in [-0.39, 0.29) is 0 Å². The van der Waals surface area contributed by atoms with Crippen LogP contribution < -0.4 is 4.90 Å². The molecule has 8 heteroatoms. The van der Waals surface area contributed by atoms with Gasteiger partial charge in [-0.05, 0) is 65.8 Å². The standard InChI is InChI=1S/C20H28N8/c1-5-27(6-2)17-10-9-16(14(3)21-17)22-19-15(4)25-28-18(23-24-20(19)28)13-26-11-7-8-12-26/h9-10H,5-8,11-13H2,1-4H3. The summed E-state index contributed by atoms with van der Waals surface area (Å²) in [6, 6.07) is 4.06. The Morgan fingerprint density at radius 3 is 2.50 bits per heavy atom. The lowest BCUT2D eigenvalue weighted by Gasteiger charge is -2.20. The normalized spacial score (nSPS) is 18.0. The lowest BCUT2D eigenvalue weighted by molar-refractivity contribution is 0.318. The van der Waals surface area contributed by atoms with Gasteiger partial charge in [-0.3, -0.25) is 4.90 Å². The monoisotopic (exact) mass is 380 g/mol. The molecule has 0 aliphatic carbocycles. The molecule has 2 aliphatic heterocycles. The van der Waals surface area contributed by atoms with Crippen LogP contribution in [0.4, 0.5) is 11.5 Å². The number of fused-ring (bicyclic) bond motifs is 1. The summed E-state index contributed by atoms with van der Waals surface area (Å²) in [4.78, 5) is 14.2. The number of anilines is 1. The first-order valence-electron chi connectivity index (χ1n) is 10.1. The zero-order valence-corrected chi connectivity index (χ0v) is 17.2. The predicted octanol–water partition coefficient (Wildman–Crippen LogP) is 2.78. The summed E-state index contributed by atoms with van der Waals surface area (Å²) in [5.74, 6) is 2.59. The van der Waals surface area contributed by atoms with Crippen molar-refractivity contribution in [2.45, 2.75) is 47.1 Å². The van der Waals surface area contributed by atoms with E-state index in [9.17, 15) is 0 Å². The summed E-state index contributed by atoms with van der Waals surface area (Å²) in [5.41, 5.74) is 3.39. The van der Waals surface area contributed by atoms with Crippen molar-refractivity contribution in [3.05, 3.63) is 29.5 Å². The van der Waals surface area contributed by atoms with Crippen LogP contribution in [0.25, 0.3) is 0 Å². The Morgan fingerprint density at radius 1 is 1.07 bits per heavy atom. The van der Waals surface area contributed by atoms with Crippen molar-refractivity contribution in [1.29, 1.82) is 0 Å². The number of hydrogen-bond acceptors (Lipinski definition) is 7. The average Bonchev–Trinajstić information content (AvgIpc) is 3.39. The van der Waals surface area contributed by atoms with Gasteiger partial charge >= 0.3 is 0 Å². The van der Waals surface area contributed by atoms with E-state index >= 15 is 0 Å². The van der Waals surface area contributed by atoms with Gasteiger partial charge in [0.1, 0.15) is 11.5 Å². The van der Waals surface area contributed by atoms with Crippen molar-refractivity contribution in [2.75, 3.05) is 31.1 Å². The molecule has 0 bridgehead atoms. The van der Waals surface area contributed by atoms with Gasteiger partial charge in [-0.15, -0.1) is 10.2 Å². The number of aromatic nitrogens is 4. The molecular formula is C20H28N8. The van der Waals surface area contributed by atoms with Crippen LogP contribution in [0.5, 0.6) is 0 Å². The van der Waals surface area contributed by atoms with Crippen LogP contribution in [0.2, 0.25) is 0 Å². The van der Waals surface area contributed by atoms with E-state index < -0.39 is 0 Å². The predicted molar refractivity (Wildman–Crippen MR) is 112 cm³/mol. The molecule has 1 saturated heterocycles. The van der Waals surface area contributed by atoms with Crippen LogP contribution >= 0.6 is 0 Å². The van der Waals surface area contributed by atoms with Gasteiger partial charge < -0.3 is 4.90 Å². The summed E-state index contributed by atoms with van der Waals surface area (Å²) in [5, 5.41) is 13.4. The van der Waals surface area contributed by atoms with Crippen molar-refractivity contribution in [3.63, 3.8) is 0 Å². The van der Waals surface area contributed by atoms with Crippen LogP contribution in [-0.4, -0.2) is 62.4 Å². The Bertz CT molecular complexity index is 916. The van der Waals surface area contributed by atoms with Crippen molar-refractivity contribution < 1.29 is 0 Å². The second kappa shape index (κ2) is 7.79. The van der Waals surface area contributed by atoms with E-state index in [1.807, 2.05) is 30.7 Å². The fourth-order valence-electron chi connectivity index (χ4n) is 3.80. The molecular weight excluding hydrogens is 352 g/mol. The lowest BCUT2D eigenvalue weighted by atomic mass is 10.2. The third-order valence-corrected chi connectivity index (χ3v) is 5.44. The van der Waals surface area contributed by atoms with E-state index in [4.69, 9.17) is 9.98 Å². The molecule has 28 heavy (non-hydrogen) atoms. The quantitative estimate of drug-likeness (QED) is 0.770. The number of hydrogen-bond donors (Lipinski definition) is 0. The van der Waals surface area contributed by atoms with Crippen LogP contribution in [-0.2, 0) is 6.54 Å². The first kappa shape index (κ1) is 18.7. The summed E-state index contributed by atoms with van der Waals surface area (Å²) >= 11 is 0. The maximum Gasteiger partial charge on any atom is 0.205 e. The number of rotatable bonds is 6. The fourth-order valence-corrected chi connectivity index (χ4v) is 3.80. The molecule has 0 atom stereocenters. The number of pyridine rings is 1. The maximum atomic E-state index is 4.85. The highest BCUT2D eigenvalue weighted by molar-refractivity contribution is 6.48. The van der Waals surface area contributed by atoms with E-state index in [0.717, 1.165) is 73.0 Å². The average molecular weight is 381 g/mol. The molecule has 2 aromatic rings. The summed E-state index contributed by atoms with van der Waals surface area (Å²) in [6.07, 6.45) is 2.51. The zero-order valence-electron chi connectivity index (χ0n) is 17.2. The minimum Gasteiger partial charge on any atom is -0.357 e.